The number of carbonyl (C=O) groups excluding carboxylic acids is 1. The van der Waals surface area contributed by atoms with Crippen LogP contribution in [-0.4, -0.2) is 40.3 Å². The molecule has 1 aliphatic rings. The van der Waals surface area contributed by atoms with Crippen LogP contribution in [0.1, 0.15) is 52.5 Å². The number of likely N-dealkylation sites (tertiary alicyclic amines) is 1. The van der Waals surface area contributed by atoms with E-state index in [4.69, 9.17) is 4.74 Å². The van der Waals surface area contributed by atoms with Gasteiger partial charge in [0.05, 0.1) is 0 Å². The zero-order valence-corrected chi connectivity index (χ0v) is 15.0. The average molecular weight is 321 g/mol. The van der Waals surface area contributed by atoms with Gasteiger partial charge in [0.25, 0.3) is 0 Å². The van der Waals surface area contributed by atoms with E-state index in [9.17, 15) is 4.79 Å². The predicted molar refractivity (Wildman–Crippen MR) is 92.4 cm³/mol. The molecule has 1 saturated heterocycles. The molecular weight excluding hydrogens is 290 g/mol. The van der Waals surface area contributed by atoms with Crippen molar-refractivity contribution in [2.75, 3.05) is 13.1 Å². The van der Waals surface area contributed by atoms with Crippen molar-refractivity contribution in [3.05, 3.63) is 24.0 Å². The number of nitrogens with zero attached hydrogens (tertiary/aromatic N) is 2. The third-order valence-corrected chi connectivity index (χ3v) is 4.01. The maximum Gasteiger partial charge on any atom is 0.410 e. The third kappa shape index (κ3) is 5.57. The summed E-state index contributed by atoms with van der Waals surface area (Å²) in [6.07, 6.45) is 7.38. The van der Waals surface area contributed by atoms with Crippen molar-refractivity contribution >= 4 is 6.09 Å². The van der Waals surface area contributed by atoms with E-state index in [2.05, 4.69) is 35.3 Å². The molecule has 1 unspecified atom stereocenters. The van der Waals surface area contributed by atoms with Crippen LogP contribution >= 0.6 is 0 Å². The molecule has 1 aromatic rings. The first-order chi connectivity index (χ1) is 10.9. The molecule has 0 radical (unpaired) electrons. The van der Waals surface area contributed by atoms with Crippen molar-refractivity contribution in [1.29, 1.82) is 0 Å². The number of nitrogens with one attached hydrogen (secondary N) is 1. The molecule has 2 rings (SSSR count). The minimum Gasteiger partial charge on any atom is -0.444 e. The lowest BCUT2D eigenvalue weighted by Crippen LogP contribution is -2.43. The fourth-order valence-electron chi connectivity index (χ4n) is 2.98. The molecule has 5 nitrogen and oxygen atoms in total. The Morgan fingerprint density at radius 3 is 2.91 bits per heavy atom. The number of hydrogen-bond donors (Lipinski definition) is 1. The lowest BCUT2D eigenvalue weighted by Gasteiger charge is -2.28. The second-order valence-corrected chi connectivity index (χ2v) is 7.36. The van der Waals surface area contributed by atoms with Gasteiger partial charge in [0.15, 0.2) is 0 Å². The molecule has 1 atom stereocenters. The van der Waals surface area contributed by atoms with E-state index in [0.717, 1.165) is 45.4 Å². The Balaban J connectivity index is 1.78. The number of ether oxygens (including phenoxy) is 1. The minimum absolute atomic E-state index is 0.184. The Kier molecular flexibility index (Phi) is 6.10. The van der Waals surface area contributed by atoms with Crippen molar-refractivity contribution in [3.8, 4) is 0 Å². The molecule has 23 heavy (non-hydrogen) atoms. The van der Waals surface area contributed by atoms with E-state index in [1.165, 1.54) is 5.56 Å². The molecule has 1 amide bonds. The average Bonchev–Trinajstić information content (AvgIpc) is 3.07. The Bertz CT molecular complexity index is 505. The van der Waals surface area contributed by atoms with Gasteiger partial charge >= 0.3 is 6.09 Å². The van der Waals surface area contributed by atoms with Crippen LogP contribution in [0.2, 0.25) is 0 Å². The summed E-state index contributed by atoms with van der Waals surface area (Å²) in [7, 11) is 0. The van der Waals surface area contributed by atoms with Gasteiger partial charge in [0, 0.05) is 44.6 Å². The molecule has 1 aromatic heterocycles. The zero-order chi connectivity index (χ0) is 16.9. The van der Waals surface area contributed by atoms with Gasteiger partial charge in [-0.15, -0.1) is 0 Å². The molecule has 1 N–H and O–H groups in total. The molecule has 1 fully saturated rings. The van der Waals surface area contributed by atoms with Gasteiger partial charge in [-0.25, -0.2) is 4.79 Å². The fourth-order valence-corrected chi connectivity index (χ4v) is 2.98. The highest BCUT2D eigenvalue weighted by Crippen LogP contribution is 2.20. The highest BCUT2D eigenvalue weighted by atomic mass is 16.6. The quantitative estimate of drug-likeness (QED) is 0.873. The normalized spacial score (nSPS) is 18.4. The molecule has 0 bridgehead atoms. The van der Waals surface area contributed by atoms with Gasteiger partial charge in [-0.3, -0.25) is 0 Å². The summed E-state index contributed by atoms with van der Waals surface area (Å²) >= 11 is 0. The van der Waals surface area contributed by atoms with Gasteiger partial charge in [0.1, 0.15) is 5.60 Å². The van der Waals surface area contributed by atoms with Crippen molar-refractivity contribution in [3.63, 3.8) is 0 Å². The second kappa shape index (κ2) is 7.86. The number of amides is 1. The molecule has 0 spiro atoms. The summed E-state index contributed by atoms with van der Waals surface area (Å²) in [6.45, 7) is 11.4. The summed E-state index contributed by atoms with van der Waals surface area (Å²) < 4.78 is 7.72. The van der Waals surface area contributed by atoms with E-state index in [0.29, 0.717) is 0 Å². The number of rotatable bonds is 6. The topological polar surface area (TPSA) is 46.5 Å². The maximum absolute atomic E-state index is 12.3. The Morgan fingerprint density at radius 2 is 2.22 bits per heavy atom. The van der Waals surface area contributed by atoms with Crippen LogP contribution in [0.4, 0.5) is 4.79 Å². The maximum atomic E-state index is 12.3. The third-order valence-electron chi connectivity index (χ3n) is 4.01. The van der Waals surface area contributed by atoms with Gasteiger partial charge in [-0.05, 0) is 51.7 Å². The Hall–Kier alpha value is -1.49. The van der Waals surface area contributed by atoms with Crippen LogP contribution in [0.25, 0.3) is 0 Å². The van der Waals surface area contributed by atoms with E-state index in [1.807, 2.05) is 25.7 Å². The smallest absolute Gasteiger partial charge is 0.410 e. The summed E-state index contributed by atoms with van der Waals surface area (Å²) in [5.41, 5.74) is 0.861. The molecule has 2 heterocycles. The largest absolute Gasteiger partial charge is 0.444 e. The summed E-state index contributed by atoms with van der Waals surface area (Å²) in [5.74, 6) is 0. The minimum atomic E-state index is -0.431. The monoisotopic (exact) mass is 321 g/mol. The Labute approximate surface area is 140 Å². The molecule has 130 valence electrons. The molecule has 0 saturated carbocycles. The van der Waals surface area contributed by atoms with Crippen molar-refractivity contribution < 1.29 is 9.53 Å². The SMILES string of the molecule is CCCn1ccc(CNCC2CCCN2C(=O)OC(C)(C)C)c1. The summed E-state index contributed by atoms with van der Waals surface area (Å²) in [6, 6.07) is 2.39. The zero-order valence-electron chi connectivity index (χ0n) is 15.0. The van der Waals surface area contributed by atoms with Crippen LogP contribution in [0.5, 0.6) is 0 Å². The lowest BCUT2D eigenvalue weighted by atomic mass is 10.2. The second-order valence-electron chi connectivity index (χ2n) is 7.36. The first-order valence-corrected chi connectivity index (χ1v) is 8.74. The van der Waals surface area contributed by atoms with Crippen molar-refractivity contribution in [2.24, 2.45) is 0 Å². The predicted octanol–water partition coefficient (Wildman–Crippen LogP) is 3.39. The Morgan fingerprint density at radius 1 is 1.43 bits per heavy atom. The highest BCUT2D eigenvalue weighted by molar-refractivity contribution is 5.69. The van der Waals surface area contributed by atoms with Crippen LogP contribution in [-0.2, 0) is 17.8 Å². The number of aryl methyl sites for hydroxylation is 1. The van der Waals surface area contributed by atoms with E-state index < -0.39 is 5.60 Å². The van der Waals surface area contributed by atoms with E-state index in [-0.39, 0.29) is 12.1 Å². The van der Waals surface area contributed by atoms with E-state index in [1.54, 1.807) is 0 Å². The van der Waals surface area contributed by atoms with Crippen molar-refractivity contribution in [1.82, 2.24) is 14.8 Å². The molecule has 0 aliphatic carbocycles. The summed E-state index contributed by atoms with van der Waals surface area (Å²) in [4.78, 5) is 14.1. The number of aromatic nitrogens is 1. The van der Waals surface area contributed by atoms with Gasteiger partial charge in [-0.2, -0.15) is 0 Å². The van der Waals surface area contributed by atoms with Crippen LogP contribution in [0, 0.1) is 0 Å². The van der Waals surface area contributed by atoms with Crippen LogP contribution < -0.4 is 5.32 Å². The fraction of sp³-hybridized carbons (Fsp3) is 0.722. The molecule has 0 aromatic carbocycles. The van der Waals surface area contributed by atoms with Gasteiger partial charge in [-0.1, -0.05) is 6.92 Å². The lowest BCUT2D eigenvalue weighted by molar-refractivity contribution is 0.0226. The standard InChI is InChI=1S/C18H31N3O2/c1-5-9-20-11-8-15(14-20)12-19-13-16-7-6-10-21(16)17(22)23-18(2,3)4/h8,11,14,16,19H,5-7,9-10,12-13H2,1-4H3. The summed E-state index contributed by atoms with van der Waals surface area (Å²) in [5, 5.41) is 3.48. The van der Waals surface area contributed by atoms with E-state index >= 15 is 0 Å². The number of carbonyl (C=O) groups is 1. The van der Waals surface area contributed by atoms with Gasteiger partial charge in [0.2, 0.25) is 0 Å². The van der Waals surface area contributed by atoms with Crippen LogP contribution in [0.15, 0.2) is 18.5 Å². The molecule has 1 aliphatic heterocycles. The van der Waals surface area contributed by atoms with Crippen LogP contribution in [0.3, 0.4) is 0 Å². The number of hydrogen-bond acceptors (Lipinski definition) is 3. The first kappa shape index (κ1) is 17.9. The van der Waals surface area contributed by atoms with Gasteiger partial charge < -0.3 is 19.5 Å². The van der Waals surface area contributed by atoms with Crippen molar-refractivity contribution in [2.45, 2.75) is 71.7 Å². The highest BCUT2D eigenvalue weighted by Gasteiger charge is 2.31. The first-order valence-electron chi connectivity index (χ1n) is 8.74. The molecular formula is C18H31N3O2. The molecule has 5 heteroatoms.